The van der Waals surface area contributed by atoms with Crippen LogP contribution in [0, 0.1) is 11.8 Å². The summed E-state index contributed by atoms with van der Waals surface area (Å²) in [6.07, 6.45) is 3.87. The summed E-state index contributed by atoms with van der Waals surface area (Å²) in [5, 5.41) is 0. The average molecular weight is 228 g/mol. The topological polar surface area (TPSA) is 26.3 Å². The predicted octanol–water partition coefficient (Wildman–Crippen LogP) is 2.87. The van der Waals surface area contributed by atoms with Gasteiger partial charge in [0.2, 0.25) is 0 Å². The first-order chi connectivity index (χ1) is 8.29. The number of esters is 1. The maximum atomic E-state index is 11.1. The van der Waals surface area contributed by atoms with Crippen molar-refractivity contribution in [1.82, 2.24) is 0 Å². The first-order valence-electron chi connectivity index (χ1n) is 6.08. The summed E-state index contributed by atoms with van der Waals surface area (Å²) in [6.45, 7) is 2.15. The van der Waals surface area contributed by atoms with Gasteiger partial charge in [-0.1, -0.05) is 24.5 Å². The molecule has 0 aliphatic heterocycles. The minimum absolute atomic E-state index is 0.371. The van der Waals surface area contributed by atoms with Crippen LogP contribution in [-0.4, -0.2) is 12.6 Å². The SMILES string of the molecule is CCOC(=O)C#Cc1cccc(C2CCC2)c1. The number of hydrogen-bond acceptors (Lipinski definition) is 2. The van der Waals surface area contributed by atoms with Gasteiger partial charge in [-0.25, -0.2) is 4.79 Å². The van der Waals surface area contributed by atoms with Crippen molar-refractivity contribution in [3.8, 4) is 11.8 Å². The van der Waals surface area contributed by atoms with E-state index < -0.39 is 5.97 Å². The van der Waals surface area contributed by atoms with E-state index in [-0.39, 0.29) is 0 Å². The number of ether oxygens (including phenoxy) is 1. The first-order valence-corrected chi connectivity index (χ1v) is 6.08. The third-order valence-corrected chi connectivity index (χ3v) is 3.05. The summed E-state index contributed by atoms with van der Waals surface area (Å²) < 4.78 is 4.76. The molecule has 0 atom stereocenters. The molecule has 2 heteroatoms. The van der Waals surface area contributed by atoms with Gasteiger partial charge >= 0.3 is 5.97 Å². The zero-order chi connectivity index (χ0) is 12.1. The van der Waals surface area contributed by atoms with E-state index >= 15 is 0 Å². The molecule has 1 aliphatic rings. The molecule has 0 saturated heterocycles. The number of carbonyl (C=O) groups is 1. The maximum absolute atomic E-state index is 11.1. The van der Waals surface area contributed by atoms with E-state index in [9.17, 15) is 4.79 Å². The van der Waals surface area contributed by atoms with Crippen LogP contribution in [-0.2, 0) is 9.53 Å². The van der Waals surface area contributed by atoms with Crippen LogP contribution >= 0.6 is 0 Å². The molecular formula is C15H16O2. The van der Waals surface area contributed by atoms with Crippen LogP contribution in [0.25, 0.3) is 0 Å². The van der Waals surface area contributed by atoms with Crippen LogP contribution in [0.4, 0.5) is 0 Å². The van der Waals surface area contributed by atoms with Gasteiger partial charge in [0.05, 0.1) is 6.61 Å². The van der Waals surface area contributed by atoms with Crippen molar-refractivity contribution >= 4 is 5.97 Å². The van der Waals surface area contributed by atoms with Gasteiger partial charge < -0.3 is 4.74 Å². The summed E-state index contributed by atoms with van der Waals surface area (Å²) >= 11 is 0. The van der Waals surface area contributed by atoms with E-state index in [1.54, 1.807) is 6.92 Å². The molecule has 1 aromatic rings. The van der Waals surface area contributed by atoms with Crippen molar-refractivity contribution in [2.45, 2.75) is 32.1 Å². The Bertz CT molecular complexity index is 461. The molecule has 0 radical (unpaired) electrons. The summed E-state index contributed by atoms with van der Waals surface area (Å²) in [5.41, 5.74) is 2.23. The molecular weight excluding hydrogens is 212 g/mol. The van der Waals surface area contributed by atoms with Gasteiger partial charge in [-0.05, 0) is 43.4 Å². The minimum atomic E-state index is -0.457. The van der Waals surface area contributed by atoms with Crippen LogP contribution in [0.2, 0.25) is 0 Å². The van der Waals surface area contributed by atoms with Crippen LogP contribution in [0.15, 0.2) is 24.3 Å². The molecule has 0 heterocycles. The highest BCUT2D eigenvalue weighted by Crippen LogP contribution is 2.36. The van der Waals surface area contributed by atoms with Gasteiger partial charge in [0, 0.05) is 11.5 Å². The lowest BCUT2D eigenvalue weighted by molar-refractivity contribution is -0.136. The molecule has 88 valence electrons. The molecule has 2 rings (SSSR count). The van der Waals surface area contributed by atoms with E-state index in [0.717, 1.165) is 5.56 Å². The minimum Gasteiger partial charge on any atom is -0.456 e. The van der Waals surface area contributed by atoms with Crippen LogP contribution in [0.5, 0.6) is 0 Å². The molecule has 0 bridgehead atoms. The normalized spacial score (nSPS) is 14.4. The quantitative estimate of drug-likeness (QED) is 0.574. The lowest BCUT2D eigenvalue weighted by Crippen LogP contribution is -2.08. The molecule has 0 amide bonds. The summed E-state index contributed by atoms with van der Waals surface area (Å²) in [4.78, 5) is 11.1. The summed E-state index contributed by atoms with van der Waals surface area (Å²) in [7, 11) is 0. The maximum Gasteiger partial charge on any atom is 0.384 e. The number of carbonyl (C=O) groups excluding carboxylic acids is 1. The monoisotopic (exact) mass is 228 g/mol. The second-order valence-corrected chi connectivity index (χ2v) is 4.22. The Morgan fingerprint density at radius 2 is 2.29 bits per heavy atom. The average Bonchev–Trinajstić information content (AvgIpc) is 2.25. The fourth-order valence-electron chi connectivity index (χ4n) is 1.90. The Kier molecular flexibility index (Phi) is 3.82. The zero-order valence-electron chi connectivity index (χ0n) is 10.0. The summed E-state index contributed by atoms with van der Waals surface area (Å²) in [6, 6.07) is 8.15. The van der Waals surface area contributed by atoms with Crippen molar-refractivity contribution in [1.29, 1.82) is 0 Å². The first kappa shape index (κ1) is 11.7. The molecule has 1 aliphatic carbocycles. The highest BCUT2D eigenvalue weighted by molar-refractivity contribution is 5.89. The highest BCUT2D eigenvalue weighted by atomic mass is 16.5. The molecule has 0 unspecified atom stereocenters. The number of hydrogen-bond donors (Lipinski definition) is 0. The fraction of sp³-hybridized carbons (Fsp3) is 0.400. The molecule has 1 saturated carbocycles. The van der Waals surface area contributed by atoms with Gasteiger partial charge in [0.1, 0.15) is 0 Å². The van der Waals surface area contributed by atoms with Crippen molar-refractivity contribution in [3.05, 3.63) is 35.4 Å². The fourth-order valence-corrected chi connectivity index (χ4v) is 1.90. The molecule has 2 nitrogen and oxygen atoms in total. The molecule has 1 aromatic carbocycles. The van der Waals surface area contributed by atoms with Gasteiger partial charge in [-0.3, -0.25) is 0 Å². The van der Waals surface area contributed by atoms with E-state index in [2.05, 4.69) is 24.0 Å². The van der Waals surface area contributed by atoms with Crippen LogP contribution < -0.4 is 0 Å². The van der Waals surface area contributed by atoms with Crippen LogP contribution in [0.1, 0.15) is 43.2 Å². The van der Waals surface area contributed by atoms with E-state index in [0.29, 0.717) is 12.5 Å². The Morgan fingerprint density at radius 3 is 2.94 bits per heavy atom. The van der Waals surface area contributed by atoms with E-state index in [1.165, 1.54) is 24.8 Å². The predicted molar refractivity (Wildman–Crippen MR) is 66.5 cm³/mol. The van der Waals surface area contributed by atoms with Crippen molar-refractivity contribution < 1.29 is 9.53 Å². The van der Waals surface area contributed by atoms with Crippen molar-refractivity contribution in [2.24, 2.45) is 0 Å². The van der Waals surface area contributed by atoms with Crippen molar-refractivity contribution in [2.75, 3.05) is 6.61 Å². The lowest BCUT2D eigenvalue weighted by Gasteiger charge is -2.25. The lowest BCUT2D eigenvalue weighted by atomic mass is 9.80. The van der Waals surface area contributed by atoms with E-state index in [1.807, 2.05) is 12.1 Å². The largest absolute Gasteiger partial charge is 0.456 e. The molecule has 0 spiro atoms. The smallest absolute Gasteiger partial charge is 0.384 e. The van der Waals surface area contributed by atoms with Gasteiger partial charge in [0.25, 0.3) is 0 Å². The summed E-state index contributed by atoms with van der Waals surface area (Å²) in [5.74, 6) is 5.58. The Labute approximate surface area is 102 Å². The molecule has 0 aromatic heterocycles. The standard InChI is InChI=1S/C15H16O2/c1-2-17-15(16)10-9-12-5-3-8-14(11-12)13-6-4-7-13/h3,5,8,11,13H,2,4,6-7H2,1H3. The number of rotatable bonds is 2. The second-order valence-electron chi connectivity index (χ2n) is 4.22. The Hall–Kier alpha value is -1.75. The van der Waals surface area contributed by atoms with Gasteiger partial charge in [-0.15, -0.1) is 0 Å². The number of benzene rings is 1. The second kappa shape index (κ2) is 5.54. The highest BCUT2D eigenvalue weighted by Gasteiger charge is 2.19. The third kappa shape index (κ3) is 3.10. The van der Waals surface area contributed by atoms with Crippen molar-refractivity contribution in [3.63, 3.8) is 0 Å². The van der Waals surface area contributed by atoms with E-state index in [4.69, 9.17) is 4.74 Å². The molecule has 1 fully saturated rings. The zero-order valence-corrected chi connectivity index (χ0v) is 10.0. The van der Waals surface area contributed by atoms with Gasteiger partial charge in [0.15, 0.2) is 0 Å². The van der Waals surface area contributed by atoms with Gasteiger partial charge in [-0.2, -0.15) is 0 Å². The van der Waals surface area contributed by atoms with Crippen LogP contribution in [0.3, 0.4) is 0 Å². The Morgan fingerprint density at radius 1 is 1.47 bits per heavy atom. The third-order valence-electron chi connectivity index (χ3n) is 3.05. The Balaban J connectivity index is 2.07. The molecule has 17 heavy (non-hydrogen) atoms. The molecule has 0 N–H and O–H groups in total.